The molecule has 0 unspecified atom stereocenters. The summed E-state index contributed by atoms with van der Waals surface area (Å²) >= 11 is 0. The first-order chi connectivity index (χ1) is 70.3. The Morgan fingerprint density at radius 2 is 0.375 bits per heavy atom. The SMILES string of the molecule is CC(C)(C)c1ccc(-c2ccc(C3(c4ccc(C(C)(C)C)cc4)c4ccccc4-c4ccccc43)cc2)cc1.CC(C)(C)c1ccc(C2(c3ccccc3)c3ccccc3-c3ccccc32)cc1.c1cc2c3c(c1)Cc1cccc(c1-3)C2.c1ccc(-c2ccc(C3(c4cccc(-c5ccccc5)c4)c4ccccc4-c4ccccc43)cc2)cc1.c1ccc(C2(c3ccccn3)c3ccccc3-c3ccccc32)nc1. The van der Waals surface area contributed by atoms with E-state index in [1.54, 1.807) is 11.1 Å². The lowest BCUT2D eigenvalue weighted by atomic mass is 9.67. The molecule has 0 N–H and O–H groups in total. The normalized spacial score (nSPS) is 13.9. The van der Waals surface area contributed by atoms with Gasteiger partial charge in [0.2, 0.25) is 0 Å². The van der Waals surface area contributed by atoms with Crippen LogP contribution in [0.3, 0.4) is 0 Å². The number of aromatic nitrogens is 2. The number of hydrogen-bond donors (Lipinski definition) is 0. The van der Waals surface area contributed by atoms with Crippen molar-refractivity contribution < 1.29 is 0 Å². The van der Waals surface area contributed by atoms with Crippen molar-refractivity contribution in [2.24, 2.45) is 0 Å². The lowest BCUT2D eigenvalue weighted by Gasteiger charge is -2.34. The van der Waals surface area contributed by atoms with Crippen molar-refractivity contribution in [3.05, 3.63) is 644 Å². The molecule has 0 spiro atoms. The van der Waals surface area contributed by atoms with Crippen molar-refractivity contribution in [1.82, 2.24) is 9.97 Å². The molecule has 0 saturated heterocycles. The van der Waals surface area contributed by atoms with Gasteiger partial charge in [0.05, 0.1) is 27.6 Å². The number of rotatable bonds is 11. The van der Waals surface area contributed by atoms with E-state index in [-0.39, 0.29) is 27.1 Å². The molecular formula is C142H116N2. The smallest absolute Gasteiger partial charge is 0.106 e. The summed E-state index contributed by atoms with van der Waals surface area (Å²) in [5.41, 5.74) is 50.6. The highest BCUT2D eigenvalue weighted by Gasteiger charge is 2.51. The fourth-order valence-electron chi connectivity index (χ4n) is 24.4. The Morgan fingerprint density at radius 3 is 0.667 bits per heavy atom. The maximum absolute atomic E-state index is 4.77. The van der Waals surface area contributed by atoms with Gasteiger partial charge in [-0.05, 0) is 265 Å². The van der Waals surface area contributed by atoms with Crippen LogP contribution in [-0.4, -0.2) is 9.97 Å². The van der Waals surface area contributed by atoms with Crippen LogP contribution >= 0.6 is 0 Å². The quantitative estimate of drug-likeness (QED) is 0.129. The highest BCUT2D eigenvalue weighted by atomic mass is 14.8. The molecule has 144 heavy (non-hydrogen) atoms. The van der Waals surface area contributed by atoms with Gasteiger partial charge in [0.15, 0.2) is 0 Å². The fourth-order valence-corrected chi connectivity index (χ4v) is 24.4. The Hall–Kier alpha value is -16.5. The van der Waals surface area contributed by atoms with Crippen molar-refractivity contribution in [3.63, 3.8) is 0 Å². The van der Waals surface area contributed by atoms with Crippen LogP contribution in [0.4, 0.5) is 0 Å². The van der Waals surface area contributed by atoms with E-state index < -0.39 is 10.8 Å². The molecule has 2 nitrogen and oxygen atoms in total. The number of pyridine rings is 2. The van der Waals surface area contributed by atoms with Crippen molar-refractivity contribution in [2.45, 2.75) is 113 Å². The summed E-state index contributed by atoms with van der Waals surface area (Å²) in [6.45, 7) is 20.5. The molecule has 694 valence electrons. The minimum Gasteiger partial charge on any atom is -0.260 e. The average molecular weight is 1850 g/mol. The third-order valence-corrected chi connectivity index (χ3v) is 31.2. The Bertz CT molecular complexity index is 7970. The molecule has 2 heteroatoms. The maximum atomic E-state index is 4.77. The molecule has 27 rings (SSSR count). The Kier molecular flexibility index (Phi) is 23.6. The van der Waals surface area contributed by atoms with Crippen LogP contribution in [0.1, 0.15) is 191 Å². The standard InChI is InChI=1S/C39H38.C37H26.C29H26.C23H16N2.C14H10/c1-37(2,3)29-19-15-27(16-20-29)28-17-21-31(22-18-28)39(32-25-23-30(24-26-32)38(4,5)6)35-13-9-7-11-33(35)34-12-8-10-14-36(34)39;1-3-12-27(13-4-1)29-22-24-31(25-23-29)37(32-17-11-16-30(26-32)28-14-5-2-6-15-28)35-20-9-7-18-33(35)34-19-8-10-21-36(34)37;1-28(2,3)21-17-19-23(20-18-21)29(22-11-5-4-6-12-22)26-15-9-7-13-24(26)25-14-8-10-16-27(25)29;1-3-11-19-17(9-1)18-10-2-4-12-20(18)23(19,21-13-5-7-15-24-21)22-14-6-8-16-25-22;1-3-9-7-11-5-2-6-12-8-10(4-1)13(9)14(11)12/h7-26H,1-6H3;1-26H;4-20H,1-3H3;1-16H;1-6H,7-8H2. The zero-order valence-corrected chi connectivity index (χ0v) is 83.4. The third-order valence-electron chi connectivity index (χ3n) is 31.2. The third kappa shape index (κ3) is 15.6. The minimum atomic E-state index is -0.476. The van der Waals surface area contributed by atoms with Gasteiger partial charge in [0.25, 0.3) is 0 Å². The van der Waals surface area contributed by atoms with Crippen molar-refractivity contribution in [2.75, 3.05) is 0 Å². The van der Waals surface area contributed by atoms with E-state index in [0.717, 1.165) is 24.2 Å². The lowest BCUT2D eigenvalue weighted by Crippen LogP contribution is -2.30. The molecule has 6 aliphatic carbocycles. The summed E-state index contributed by atoms with van der Waals surface area (Å²) in [6, 6.07) is 184. The number of hydrogen-bond acceptors (Lipinski definition) is 2. The molecule has 0 fully saturated rings. The Morgan fingerprint density at radius 1 is 0.167 bits per heavy atom. The monoisotopic (exact) mass is 1850 g/mol. The molecule has 0 saturated carbocycles. The maximum Gasteiger partial charge on any atom is 0.106 e. The average Bonchev–Trinajstić information content (AvgIpc) is 1.55. The summed E-state index contributed by atoms with van der Waals surface area (Å²) in [7, 11) is 0. The predicted molar refractivity (Wildman–Crippen MR) is 600 cm³/mol. The molecule has 19 aromatic carbocycles. The molecule has 0 amide bonds. The Balaban J connectivity index is 0.000000103. The predicted octanol–water partition coefficient (Wildman–Crippen LogP) is 35.0. The van der Waals surface area contributed by atoms with Crippen LogP contribution in [0.2, 0.25) is 0 Å². The number of fused-ring (bicyclic) bond motifs is 12. The van der Waals surface area contributed by atoms with E-state index in [1.807, 2.05) is 24.5 Å². The van der Waals surface area contributed by atoms with Gasteiger partial charge >= 0.3 is 0 Å². The second-order valence-corrected chi connectivity index (χ2v) is 42.4. The van der Waals surface area contributed by atoms with Crippen LogP contribution in [-0.2, 0) is 50.7 Å². The Labute approximate surface area is 850 Å². The summed E-state index contributed by atoms with van der Waals surface area (Å²) in [4.78, 5) is 9.53. The largest absolute Gasteiger partial charge is 0.260 e. The lowest BCUT2D eigenvalue weighted by molar-refractivity contribution is 0.589. The van der Waals surface area contributed by atoms with Crippen molar-refractivity contribution in [1.29, 1.82) is 0 Å². The van der Waals surface area contributed by atoms with E-state index in [4.69, 9.17) is 9.97 Å². The summed E-state index contributed by atoms with van der Waals surface area (Å²) in [6.07, 6.45) is 6.02. The summed E-state index contributed by atoms with van der Waals surface area (Å²) < 4.78 is 0. The van der Waals surface area contributed by atoms with Crippen LogP contribution in [0.15, 0.2) is 516 Å². The van der Waals surface area contributed by atoms with Crippen molar-refractivity contribution in [3.8, 4) is 89.0 Å². The zero-order valence-electron chi connectivity index (χ0n) is 83.4. The first-order valence-corrected chi connectivity index (χ1v) is 51.0. The highest BCUT2D eigenvalue weighted by molar-refractivity contribution is 5.92. The van der Waals surface area contributed by atoms with E-state index in [1.165, 1.54) is 195 Å². The van der Waals surface area contributed by atoms with Gasteiger partial charge in [-0.25, -0.2) is 0 Å². The second kappa shape index (κ2) is 37.2. The topological polar surface area (TPSA) is 25.8 Å². The summed E-state index contributed by atoms with van der Waals surface area (Å²) in [5, 5.41) is 0. The summed E-state index contributed by atoms with van der Waals surface area (Å²) in [5.74, 6) is 0. The molecule has 0 radical (unpaired) electrons. The van der Waals surface area contributed by atoms with Crippen molar-refractivity contribution >= 4 is 0 Å². The first kappa shape index (κ1) is 91.3. The molecule has 2 heterocycles. The second-order valence-electron chi connectivity index (χ2n) is 42.4. The van der Waals surface area contributed by atoms with Gasteiger partial charge in [-0.15, -0.1) is 0 Å². The van der Waals surface area contributed by atoms with Gasteiger partial charge in [-0.3, -0.25) is 9.97 Å². The molecule has 0 atom stereocenters. The molecule has 0 bridgehead atoms. The zero-order chi connectivity index (χ0) is 97.9. The molecule has 2 aromatic heterocycles. The minimum absolute atomic E-state index is 0.112. The fraction of sp³-hybridized carbons (Fsp3) is 0.127. The van der Waals surface area contributed by atoms with Gasteiger partial charge in [0.1, 0.15) is 5.41 Å². The van der Waals surface area contributed by atoms with E-state index in [9.17, 15) is 0 Å². The van der Waals surface area contributed by atoms with Crippen LogP contribution in [0.25, 0.3) is 89.0 Å². The molecule has 6 aliphatic rings. The van der Waals surface area contributed by atoms with Gasteiger partial charge < -0.3 is 0 Å². The van der Waals surface area contributed by atoms with Gasteiger partial charge in [-0.2, -0.15) is 0 Å². The van der Waals surface area contributed by atoms with Crippen LogP contribution < -0.4 is 0 Å². The molecule has 0 aliphatic heterocycles. The van der Waals surface area contributed by atoms with Crippen LogP contribution in [0.5, 0.6) is 0 Å². The van der Waals surface area contributed by atoms with Crippen LogP contribution in [0, 0.1) is 0 Å². The number of nitrogens with zero attached hydrogens (tertiary/aromatic N) is 2. The number of benzene rings is 19. The molecular weight excluding hydrogens is 1730 g/mol. The molecule has 21 aromatic rings. The van der Waals surface area contributed by atoms with E-state index >= 15 is 0 Å². The van der Waals surface area contributed by atoms with Gasteiger partial charge in [0, 0.05) is 12.4 Å². The highest BCUT2D eigenvalue weighted by Crippen LogP contribution is 2.62. The van der Waals surface area contributed by atoms with E-state index in [2.05, 4.69) is 554 Å². The van der Waals surface area contributed by atoms with E-state index in [0.29, 0.717) is 0 Å². The van der Waals surface area contributed by atoms with Gasteiger partial charge in [-0.1, -0.05) is 535 Å². The first-order valence-electron chi connectivity index (χ1n) is 51.0.